The number of carbonyl (C=O) groups is 1. The number of amides is 1. The van der Waals surface area contributed by atoms with Gasteiger partial charge in [-0.05, 0) is 19.1 Å². The lowest BCUT2D eigenvalue weighted by molar-refractivity contribution is 0.0749. The van der Waals surface area contributed by atoms with E-state index in [9.17, 15) is 4.79 Å². The molecule has 102 valence electrons. The monoisotopic (exact) mass is 262 g/mol. The number of oxime groups is 1. The zero-order valence-corrected chi connectivity index (χ0v) is 11.0. The van der Waals surface area contributed by atoms with Crippen LogP contribution in [0.5, 0.6) is 5.75 Å². The molecule has 5 heteroatoms. The molecule has 1 N–H and O–H groups in total. The predicted octanol–water partition coefficient (Wildman–Crippen LogP) is 2.15. The Balaban J connectivity index is 2.12. The minimum absolute atomic E-state index is 0.0268. The van der Waals surface area contributed by atoms with Crippen LogP contribution in [0.4, 0.5) is 0 Å². The van der Waals surface area contributed by atoms with Crippen LogP contribution in [0.25, 0.3) is 0 Å². The van der Waals surface area contributed by atoms with Crippen LogP contribution >= 0.6 is 0 Å². The summed E-state index contributed by atoms with van der Waals surface area (Å²) in [5.41, 5.74) is 1.34. The van der Waals surface area contributed by atoms with Crippen molar-refractivity contribution in [3.8, 4) is 5.75 Å². The quantitative estimate of drug-likeness (QED) is 0.670. The summed E-state index contributed by atoms with van der Waals surface area (Å²) in [6.45, 7) is 3.59. The standard InChI is InChI=1S/C14H18N2O3/c1-2-19-13-6-4-3-5-12(13)14(17)16-9-7-11(15-18)8-10-16/h3-6,18H,2,7-10H2,1H3. The highest BCUT2D eigenvalue weighted by atomic mass is 16.5. The highest BCUT2D eigenvalue weighted by Crippen LogP contribution is 2.21. The molecule has 1 aromatic carbocycles. The van der Waals surface area contributed by atoms with E-state index in [0.29, 0.717) is 43.9 Å². The number of nitrogens with zero attached hydrogens (tertiary/aromatic N) is 2. The summed E-state index contributed by atoms with van der Waals surface area (Å²) in [4.78, 5) is 14.2. The Bertz CT molecular complexity index is 475. The van der Waals surface area contributed by atoms with Gasteiger partial charge in [0.15, 0.2) is 0 Å². The molecular weight excluding hydrogens is 244 g/mol. The van der Waals surface area contributed by atoms with Gasteiger partial charge in [-0.15, -0.1) is 0 Å². The predicted molar refractivity (Wildman–Crippen MR) is 72.0 cm³/mol. The number of para-hydroxylation sites is 1. The molecule has 1 amide bonds. The number of hydrogen-bond donors (Lipinski definition) is 1. The maximum Gasteiger partial charge on any atom is 0.257 e. The molecule has 1 aliphatic rings. The fourth-order valence-corrected chi connectivity index (χ4v) is 2.16. The zero-order valence-electron chi connectivity index (χ0n) is 11.0. The van der Waals surface area contributed by atoms with Crippen molar-refractivity contribution in [1.29, 1.82) is 0 Å². The summed E-state index contributed by atoms with van der Waals surface area (Å²) in [6, 6.07) is 7.28. The minimum atomic E-state index is -0.0268. The van der Waals surface area contributed by atoms with Crippen LogP contribution < -0.4 is 4.74 Å². The number of carbonyl (C=O) groups excluding carboxylic acids is 1. The van der Waals surface area contributed by atoms with E-state index in [0.717, 1.165) is 5.71 Å². The second-order valence-corrected chi connectivity index (χ2v) is 4.39. The average Bonchev–Trinajstić information content (AvgIpc) is 2.47. The molecule has 19 heavy (non-hydrogen) atoms. The average molecular weight is 262 g/mol. The molecule has 1 heterocycles. The van der Waals surface area contributed by atoms with Crippen LogP contribution in [-0.4, -0.2) is 41.4 Å². The van der Waals surface area contributed by atoms with E-state index in [1.54, 1.807) is 17.0 Å². The Labute approximate surface area is 112 Å². The molecule has 0 aliphatic carbocycles. The first kappa shape index (κ1) is 13.4. The molecule has 0 radical (unpaired) electrons. The molecule has 0 atom stereocenters. The van der Waals surface area contributed by atoms with Crippen molar-refractivity contribution in [2.75, 3.05) is 19.7 Å². The summed E-state index contributed by atoms with van der Waals surface area (Å²) in [5, 5.41) is 11.9. The zero-order chi connectivity index (χ0) is 13.7. The van der Waals surface area contributed by atoms with Gasteiger partial charge in [0.2, 0.25) is 0 Å². The highest BCUT2D eigenvalue weighted by Gasteiger charge is 2.23. The van der Waals surface area contributed by atoms with Gasteiger partial charge in [-0.25, -0.2) is 0 Å². The number of rotatable bonds is 3. The van der Waals surface area contributed by atoms with Gasteiger partial charge in [0.05, 0.1) is 17.9 Å². The Morgan fingerprint density at radius 3 is 2.68 bits per heavy atom. The van der Waals surface area contributed by atoms with Crippen LogP contribution in [-0.2, 0) is 0 Å². The summed E-state index contributed by atoms with van der Waals surface area (Å²) in [6.07, 6.45) is 1.25. The Hall–Kier alpha value is -2.04. The Morgan fingerprint density at radius 1 is 1.37 bits per heavy atom. The van der Waals surface area contributed by atoms with Crippen molar-refractivity contribution in [3.63, 3.8) is 0 Å². The number of benzene rings is 1. The van der Waals surface area contributed by atoms with Crippen LogP contribution in [0, 0.1) is 0 Å². The Morgan fingerprint density at radius 2 is 2.05 bits per heavy atom. The molecule has 2 rings (SSSR count). The first-order valence-corrected chi connectivity index (χ1v) is 6.47. The molecule has 0 saturated carbocycles. The van der Waals surface area contributed by atoms with Gasteiger partial charge in [0.1, 0.15) is 5.75 Å². The van der Waals surface area contributed by atoms with Crippen LogP contribution in [0.15, 0.2) is 29.4 Å². The third-order valence-corrected chi connectivity index (χ3v) is 3.19. The van der Waals surface area contributed by atoms with Gasteiger partial charge in [-0.3, -0.25) is 4.79 Å². The van der Waals surface area contributed by atoms with Gasteiger partial charge < -0.3 is 14.8 Å². The van der Waals surface area contributed by atoms with Gasteiger partial charge >= 0.3 is 0 Å². The van der Waals surface area contributed by atoms with Crippen molar-refractivity contribution in [3.05, 3.63) is 29.8 Å². The molecule has 0 aromatic heterocycles. The molecule has 1 aliphatic heterocycles. The molecule has 0 bridgehead atoms. The van der Waals surface area contributed by atoms with Crippen molar-refractivity contribution >= 4 is 11.6 Å². The van der Waals surface area contributed by atoms with Gasteiger partial charge in [0.25, 0.3) is 5.91 Å². The van der Waals surface area contributed by atoms with Crippen LogP contribution in [0.2, 0.25) is 0 Å². The smallest absolute Gasteiger partial charge is 0.257 e. The van der Waals surface area contributed by atoms with Gasteiger partial charge in [0, 0.05) is 25.9 Å². The summed E-state index contributed by atoms with van der Waals surface area (Å²) in [5.74, 6) is 0.595. The van der Waals surface area contributed by atoms with Crippen molar-refractivity contribution in [2.45, 2.75) is 19.8 Å². The third kappa shape index (κ3) is 3.05. The van der Waals surface area contributed by atoms with E-state index in [1.807, 2.05) is 19.1 Å². The highest BCUT2D eigenvalue weighted by molar-refractivity contribution is 5.98. The Kier molecular flexibility index (Phi) is 4.39. The van der Waals surface area contributed by atoms with E-state index in [4.69, 9.17) is 9.94 Å². The molecule has 0 spiro atoms. The first-order chi connectivity index (χ1) is 9.26. The van der Waals surface area contributed by atoms with E-state index >= 15 is 0 Å². The van der Waals surface area contributed by atoms with E-state index in [-0.39, 0.29) is 5.91 Å². The van der Waals surface area contributed by atoms with Gasteiger partial charge in [-0.1, -0.05) is 17.3 Å². The SMILES string of the molecule is CCOc1ccccc1C(=O)N1CCC(=NO)CC1. The minimum Gasteiger partial charge on any atom is -0.493 e. The second-order valence-electron chi connectivity index (χ2n) is 4.39. The van der Waals surface area contributed by atoms with Crippen LogP contribution in [0.1, 0.15) is 30.1 Å². The third-order valence-electron chi connectivity index (χ3n) is 3.19. The molecule has 1 fully saturated rings. The lowest BCUT2D eigenvalue weighted by Gasteiger charge is -2.27. The number of hydrogen-bond acceptors (Lipinski definition) is 4. The van der Waals surface area contributed by atoms with E-state index < -0.39 is 0 Å². The van der Waals surface area contributed by atoms with Gasteiger partial charge in [-0.2, -0.15) is 0 Å². The largest absolute Gasteiger partial charge is 0.493 e. The molecule has 1 aromatic rings. The fraction of sp³-hybridized carbons (Fsp3) is 0.429. The number of likely N-dealkylation sites (tertiary alicyclic amines) is 1. The van der Waals surface area contributed by atoms with Crippen molar-refractivity contribution < 1.29 is 14.7 Å². The molecule has 5 nitrogen and oxygen atoms in total. The number of piperidine rings is 1. The molecule has 1 saturated heterocycles. The topological polar surface area (TPSA) is 62.1 Å². The summed E-state index contributed by atoms with van der Waals surface area (Å²) in [7, 11) is 0. The van der Waals surface area contributed by atoms with Crippen LogP contribution in [0.3, 0.4) is 0 Å². The normalized spacial score (nSPS) is 15.2. The first-order valence-electron chi connectivity index (χ1n) is 6.47. The maximum absolute atomic E-state index is 12.4. The van der Waals surface area contributed by atoms with Crippen molar-refractivity contribution in [2.24, 2.45) is 5.16 Å². The lowest BCUT2D eigenvalue weighted by Crippen LogP contribution is -2.38. The van der Waals surface area contributed by atoms with E-state index in [1.165, 1.54) is 0 Å². The molecular formula is C14H18N2O3. The van der Waals surface area contributed by atoms with E-state index in [2.05, 4.69) is 5.16 Å². The summed E-state index contributed by atoms with van der Waals surface area (Å²) >= 11 is 0. The molecule has 0 unspecified atom stereocenters. The fourth-order valence-electron chi connectivity index (χ4n) is 2.16. The summed E-state index contributed by atoms with van der Waals surface area (Å²) < 4.78 is 5.48. The lowest BCUT2D eigenvalue weighted by atomic mass is 10.1. The number of ether oxygens (including phenoxy) is 1. The van der Waals surface area contributed by atoms with Crippen molar-refractivity contribution in [1.82, 2.24) is 4.90 Å². The maximum atomic E-state index is 12.4. The second kappa shape index (κ2) is 6.22.